The smallest absolute Gasteiger partial charge is 0.120 e. The fourth-order valence-electron chi connectivity index (χ4n) is 2.24. The molecule has 0 aliphatic heterocycles. The number of furan rings is 1. The van der Waals surface area contributed by atoms with Gasteiger partial charge in [0, 0.05) is 12.1 Å². The van der Waals surface area contributed by atoms with Crippen molar-refractivity contribution in [3.05, 3.63) is 59.7 Å². The van der Waals surface area contributed by atoms with Crippen molar-refractivity contribution in [3.8, 4) is 11.3 Å². The molecule has 0 spiro atoms. The molecule has 1 aromatic carbocycles. The van der Waals surface area contributed by atoms with Crippen molar-refractivity contribution in [1.82, 2.24) is 20.7 Å². The molecule has 0 fully saturated rings. The van der Waals surface area contributed by atoms with Gasteiger partial charge in [0.15, 0.2) is 0 Å². The van der Waals surface area contributed by atoms with Crippen molar-refractivity contribution in [2.24, 2.45) is 0 Å². The lowest BCUT2D eigenvalue weighted by atomic mass is 10.1. The Morgan fingerprint density at radius 2 is 1.95 bits per heavy atom. The van der Waals surface area contributed by atoms with E-state index in [9.17, 15) is 0 Å². The summed E-state index contributed by atoms with van der Waals surface area (Å²) < 4.78 is 5.62. The highest BCUT2D eigenvalue weighted by Crippen LogP contribution is 2.20. The third kappa shape index (κ3) is 3.03. The molecule has 0 amide bonds. The number of nitrogens with one attached hydrogen (secondary N) is 2. The van der Waals surface area contributed by atoms with E-state index in [1.165, 1.54) is 0 Å². The Morgan fingerprint density at radius 3 is 2.67 bits per heavy atom. The number of hydrogen-bond donors (Lipinski definition) is 2. The second-order valence-electron chi connectivity index (χ2n) is 5.04. The van der Waals surface area contributed by atoms with Gasteiger partial charge in [-0.2, -0.15) is 15.4 Å². The molecule has 21 heavy (non-hydrogen) atoms. The van der Waals surface area contributed by atoms with Crippen molar-refractivity contribution in [1.29, 1.82) is 0 Å². The molecule has 0 aliphatic rings. The van der Waals surface area contributed by atoms with Gasteiger partial charge < -0.3 is 9.73 Å². The molecule has 0 bridgehead atoms. The predicted molar refractivity (Wildman–Crippen MR) is 80.5 cm³/mol. The SMILES string of the molecule is Cc1ccc(C(C)NCc2n[nH]nc2-c2ccccc2)o1. The predicted octanol–water partition coefficient (Wildman–Crippen LogP) is 3.22. The Kier molecular flexibility index (Phi) is 3.83. The zero-order valence-electron chi connectivity index (χ0n) is 12.1. The fraction of sp³-hybridized carbons (Fsp3) is 0.250. The number of rotatable bonds is 5. The number of aryl methyl sites for hydroxylation is 1. The van der Waals surface area contributed by atoms with E-state index in [1.54, 1.807) is 0 Å². The Labute approximate surface area is 123 Å². The van der Waals surface area contributed by atoms with Gasteiger partial charge in [0.1, 0.15) is 22.9 Å². The van der Waals surface area contributed by atoms with Crippen LogP contribution in [0.25, 0.3) is 11.3 Å². The summed E-state index contributed by atoms with van der Waals surface area (Å²) >= 11 is 0. The van der Waals surface area contributed by atoms with Crippen LogP contribution in [0.5, 0.6) is 0 Å². The normalized spacial score (nSPS) is 12.5. The van der Waals surface area contributed by atoms with Gasteiger partial charge in [-0.1, -0.05) is 30.3 Å². The van der Waals surface area contributed by atoms with Crippen LogP contribution in [0.1, 0.15) is 30.2 Å². The Morgan fingerprint density at radius 1 is 1.14 bits per heavy atom. The summed E-state index contributed by atoms with van der Waals surface area (Å²) in [6.07, 6.45) is 0. The molecule has 2 heterocycles. The summed E-state index contributed by atoms with van der Waals surface area (Å²) in [7, 11) is 0. The molecule has 1 atom stereocenters. The van der Waals surface area contributed by atoms with Gasteiger partial charge in [0.2, 0.25) is 0 Å². The van der Waals surface area contributed by atoms with Gasteiger partial charge in [0.25, 0.3) is 0 Å². The quantitative estimate of drug-likeness (QED) is 0.754. The largest absolute Gasteiger partial charge is 0.465 e. The first kappa shape index (κ1) is 13.6. The van der Waals surface area contributed by atoms with E-state index in [-0.39, 0.29) is 6.04 Å². The average Bonchev–Trinajstić information content (AvgIpc) is 3.14. The van der Waals surface area contributed by atoms with E-state index in [2.05, 4.69) is 27.7 Å². The van der Waals surface area contributed by atoms with Crippen molar-refractivity contribution < 1.29 is 4.42 Å². The van der Waals surface area contributed by atoms with E-state index >= 15 is 0 Å². The number of hydrogen-bond acceptors (Lipinski definition) is 4. The highest BCUT2D eigenvalue weighted by Gasteiger charge is 2.13. The lowest BCUT2D eigenvalue weighted by molar-refractivity contribution is 0.414. The van der Waals surface area contributed by atoms with Crippen LogP contribution in [0, 0.1) is 6.92 Å². The first-order valence-corrected chi connectivity index (χ1v) is 6.99. The maximum absolute atomic E-state index is 5.62. The summed E-state index contributed by atoms with van der Waals surface area (Å²) in [4.78, 5) is 0. The van der Waals surface area contributed by atoms with Crippen molar-refractivity contribution >= 4 is 0 Å². The molecule has 5 heteroatoms. The zero-order valence-corrected chi connectivity index (χ0v) is 12.1. The van der Waals surface area contributed by atoms with E-state index in [0.29, 0.717) is 6.54 Å². The topological polar surface area (TPSA) is 66.7 Å². The summed E-state index contributed by atoms with van der Waals surface area (Å²) in [6.45, 7) is 4.64. The molecule has 2 aromatic heterocycles. The maximum Gasteiger partial charge on any atom is 0.120 e. The third-order valence-corrected chi connectivity index (χ3v) is 3.43. The lowest BCUT2D eigenvalue weighted by Gasteiger charge is -2.10. The summed E-state index contributed by atoms with van der Waals surface area (Å²) in [5.74, 6) is 1.85. The van der Waals surface area contributed by atoms with E-state index in [0.717, 1.165) is 28.5 Å². The van der Waals surface area contributed by atoms with Gasteiger partial charge >= 0.3 is 0 Å². The zero-order chi connectivity index (χ0) is 14.7. The van der Waals surface area contributed by atoms with Crippen LogP contribution in [-0.2, 0) is 6.54 Å². The lowest BCUT2D eigenvalue weighted by Crippen LogP contribution is -2.18. The average molecular weight is 282 g/mol. The monoisotopic (exact) mass is 282 g/mol. The number of nitrogens with zero attached hydrogens (tertiary/aromatic N) is 2. The molecule has 3 aromatic rings. The minimum Gasteiger partial charge on any atom is -0.465 e. The summed E-state index contributed by atoms with van der Waals surface area (Å²) in [5, 5.41) is 14.6. The summed E-state index contributed by atoms with van der Waals surface area (Å²) in [5.41, 5.74) is 2.84. The summed E-state index contributed by atoms with van der Waals surface area (Å²) in [6, 6.07) is 14.1. The van der Waals surface area contributed by atoms with Gasteiger partial charge in [-0.15, -0.1) is 0 Å². The van der Waals surface area contributed by atoms with Crippen molar-refractivity contribution in [2.75, 3.05) is 0 Å². The van der Waals surface area contributed by atoms with Crippen molar-refractivity contribution in [2.45, 2.75) is 26.4 Å². The Balaban J connectivity index is 1.70. The Hall–Kier alpha value is -2.40. The van der Waals surface area contributed by atoms with E-state index in [1.807, 2.05) is 49.4 Å². The van der Waals surface area contributed by atoms with E-state index in [4.69, 9.17) is 4.42 Å². The second kappa shape index (κ2) is 5.93. The molecule has 0 saturated carbocycles. The molecule has 1 unspecified atom stereocenters. The first-order chi connectivity index (χ1) is 10.2. The molecule has 0 radical (unpaired) electrons. The van der Waals surface area contributed by atoms with Crippen molar-refractivity contribution in [3.63, 3.8) is 0 Å². The van der Waals surface area contributed by atoms with Crippen LogP contribution in [0.2, 0.25) is 0 Å². The molecule has 5 nitrogen and oxygen atoms in total. The van der Waals surface area contributed by atoms with Crippen LogP contribution in [0.3, 0.4) is 0 Å². The van der Waals surface area contributed by atoms with Crippen LogP contribution < -0.4 is 5.32 Å². The highest BCUT2D eigenvalue weighted by molar-refractivity contribution is 5.60. The van der Waals surface area contributed by atoms with Gasteiger partial charge in [-0.25, -0.2) is 0 Å². The van der Waals surface area contributed by atoms with Crippen LogP contribution >= 0.6 is 0 Å². The number of benzene rings is 1. The van der Waals surface area contributed by atoms with Crippen LogP contribution in [-0.4, -0.2) is 15.4 Å². The standard InChI is InChI=1S/C16H18N4O/c1-11-8-9-15(21-11)12(2)17-10-14-16(19-20-18-14)13-6-4-3-5-7-13/h3-9,12,17H,10H2,1-2H3,(H,18,19,20). The van der Waals surface area contributed by atoms with Crippen LogP contribution in [0.4, 0.5) is 0 Å². The third-order valence-electron chi connectivity index (χ3n) is 3.43. The Bertz CT molecular complexity index is 702. The molecule has 0 saturated heterocycles. The fourth-order valence-corrected chi connectivity index (χ4v) is 2.24. The van der Waals surface area contributed by atoms with Crippen LogP contribution in [0.15, 0.2) is 46.9 Å². The molecule has 0 aliphatic carbocycles. The maximum atomic E-state index is 5.62. The second-order valence-corrected chi connectivity index (χ2v) is 5.04. The molecular formula is C16H18N4O. The number of aromatic amines is 1. The molecule has 108 valence electrons. The van der Waals surface area contributed by atoms with Gasteiger partial charge in [0.05, 0.1) is 6.04 Å². The van der Waals surface area contributed by atoms with Gasteiger partial charge in [-0.3, -0.25) is 0 Å². The minimum atomic E-state index is 0.124. The molecule has 2 N–H and O–H groups in total. The highest BCUT2D eigenvalue weighted by atomic mass is 16.3. The first-order valence-electron chi connectivity index (χ1n) is 6.99. The minimum absolute atomic E-state index is 0.124. The molecule has 3 rings (SSSR count). The molecular weight excluding hydrogens is 264 g/mol. The number of H-pyrrole nitrogens is 1. The van der Waals surface area contributed by atoms with Gasteiger partial charge in [-0.05, 0) is 26.0 Å². The number of aromatic nitrogens is 3. The van der Waals surface area contributed by atoms with E-state index < -0.39 is 0 Å².